The van der Waals surface area contributed by atoms with Crippen LogP contribution in [0.1, 0.15) is 83.3 Å². The molecule has 2 aromatic rings. The number of nitrogens with one attached hydrogen (secondary N) is 2. The Morgan fingerprint density at radius 3 is 2.35 bits per heavy atom. The summed E-state index contributed by atoms with van der Waals surface area (Å²) in [5.74, 6) is -1.26. The van der Waals surface area contributed by atoms with Crippen LogP contribution in [0, 0.1) is 17.8 Å². The van der Waals surface area contributed by atoms with Gasteiger partial charge in [-0.1, -0.05) is 71.4 Å². The predicted octanol–water partition coefficient (Wildman–Crippen LogP) is 3.88. The standard InChI is InChI=1S/C41H67N7O6S/c1-10-28(4)37(47(7)35(50)26-44-40(52)36(27(2)3)46(6)21-15-19-42)33(53-8)25-34(49)48-22-14-18-32(48)38(54-9)29(5)39(51)45-31(41-43-20-23-55-41)24-30-16-12-11-13-17-30/h11-13,16-17,20,23,27-29,31-33,36-38H,10,14-15,18-19,21-22,24-26,42H2,1-9H3,(H,44,52)(H,45,51). The van der Waals surface area contributed by atoms with Gasteiger partial charge in [0.2, 0.25) is 23.6 Å². The van der Waals surface area contributed by atoms with E-state index in [-0.39, 0.29) is 60.5 Å². The van der Waals surface area contributed by atoms with E-state index in [0.717, 1.165) is 29.8 Å². The number of nitrogens with zero attached hydrogens (tertiary/aromatic N) is 4. The van der Waals surface area contributed by atoms with Gasteiger partial charge in [0.05, 0.1) is 55.3 Å². The Kier molecular flexibility index (Phi) is 19.2. The second kappa shape index (κ2) is 23.0. The molecule has 8 unspecified atom stereocenters. The Morgan fingerprint density at radius 2 is 1.76 bits per heavy atom. The number of ether oxygens (including phenoxy) is 2. The van der Waals surface area contributed by atoms with Crippen molar-refractivity contribution in [1.29, 1.82) is 0 Å². The van der Waals surface area contributed by atoms with Crippen LogP contribution in [0.15, 0.2) is 41.9 Å². The SMILES string of the molecule is CCC(C)C(C(CC(=O)N1CCCC1C(OC)C(C)C(=O)NC(Cc1ccccc1)c1nccs1)OC)N(C)C(=O)CNC(=O)C(C(C)C)N(C)CCCN. The smallest absolute Gasteiger partial charge is 0.242 e. The van der Waals surface area contributed by atoms with Gasteiger partial charge in [-0.15, -0.1) is 11.3 Å². The van der Waals surface area contributed by atoms with E-state index in [4.69, 9.17) is 15.2 Å². The molecule has 4 amide bonds. The van der Waals surface area contributed by atoms with E-state index < -0.39 is 30.2 Å². The molecule has 1 aliphatic heterocycles. The van der Waals surface area contributed by atoms with Gasteiger partial charge in [-0.2, -0.15) is 0 Å². The highest BCUT2D eigenvalue weighted by Crippen LogP contribution is 2.30. The molecule has 308 valence electrons. The van der Waals surface area contributed by atoms with E-state index in [0.29, 0.717) is 32.5 Å². The molecule has 13 nitrogen and oxygen atoms in total. The number of hydrogen-bond donors (Lipinski definition) is 3. The van der Waals surface area contributed by atoms with Crippen LogP contribution in [-0.4, -0.2) is 128 Å². The molecule has 0 saturated carbocycles. The Balaban J connectivity index is 1.71. The highest BCUT2D eigenvalue weighted by atomic mass is 32.1. The molecule has 1 fully saturated rings. The number of benzene rings is 1. The average molecular weight is 786 g/mol. The number of nitrogens with two attached hydrogens (primary N) is 1. The normalized spacial score (nSPS) is 18.3. The van der Waals surface area contributed by atoms with Gasteiger partial charge in [-0.25, -0.2) is 4.98 Å². The van der Waals surface area contributed by atoms with Crippen LogP contribution in [0.2, 0.25) is 0 Å². The molecule has 14 heteroatoms. The number of carbonyl (C=O) groups excluding carboxylic acids is 4. The highest BCUT2D eigenvalue weighted by Gasteiger charge is 2.42. The minimum absolute atomic E-state index is 0.000283. The number of carbonyl (C=O) groups is 4. The highest BCUT2D eigenvalue weighted by molar-refractivity contribution is 7.09. The fraction of sp³-hybridized carbons (Fsp3) is 0.683. The third-order valence-corrected chi connectivity index (χ3v) is 12.0. The van der Waals surface area contributed by atoms with Gasteiger partial charge in [-0.3, -0.25) is 24.1 Å². The molecule has 0 spiro atoms. The van der Waals surface area contributed by atoms with Crippen molar-refractivity contribution >= 4 is 35.0 Å². The lowest BCUT2D eigenvalue weighted by Gasteiger charge is -2.39. The van der Waals surface area contributed by atoms with E-state index >= 15 is 0 Å². The Bertz CT molecular complexity index is 1460. The van der Waals surface area contributed by atoms with Gasteiger partial charge < -0.3 is 35.6 Å². The first kappa shape index (κ1) is 46.0. The van der Waals surface area contributed by atoms with Crippen LogP contribution >= 0.6 is 11.3 Å². The molecule has 3 rings (SSSR count). The Morgan fingerprint density at radius 1 is 1.05 bits per heavy atom. The quantitative estimate of drug-likeness (QED) is 0.152. The van der Waals surface area contributed by atoms with Crippen molar-refractivity contribution in [1.82, 2.24) is 30.3 Å². The summed E-state index contributed by atoms with van der Waals surface area (Å²) in [5.41, 5.74) is 6.78. The third kappa shape index (κ3) is 12.8. The third-order valence-electron chi connectivity index (χ3n) is 11.2. The number of methoxy groups -OCH3 is 2. The summed E-state index contributed by atoms with van der Waals surface area (Å²) >= 11 is 1.50. The maximum absolute atomic E-state index is 14.2. The Hall–Kier alpha value is -3.43. The number of amides is 4. The van der Waals surface area contributed by atoms with Crippen molar-refractivity contribution in [3.05, 3.63) is 52.5 Å². The second-order valence-corrected chi connectivity index (χ2v) is 16.2. The molecule has 8 atom stereocenters. The second-order valence-electron chi connectivity index (χ2n) is 15.3. The topological polar surface area (TPSA) is 159 Å². The summed E-state index contributed by atoms with van der Waals surface area (Å²) < 4.78 is 12.0. The lowest BCUT2D eigenvalue weighted by molar-refractivity contribution is -0.146. The van der Waals surface area contributed by atoms with Crippen molar-refractivity contribution in [3.8, 4) is 0 Å². The number of rotatable bonds is 23. The lowest BCUT2D eigenvalue weighted by atomic mass is 9.90. The van der Waals surface area contributed by atoms with Crippen molar-refractivity contribution in [3.63, 3.8) is 0 Å². The summed E-state index contributed by atoms with van der Waals surface area (Å²) in [6.45, 7) is 11.5. The molecule has 55 heavy (non-hydrogen) atoms. The zero-order valence-corrected chi connectivity index (χ0v) is 35.3. The molecule has 1 aromatic carbocycles. The van der Waals surface area contributed by atoms with Crippen LogP contribution in [0.5, 0.6) is 0 Å². The zero-order valence-electron chi connectivity index (χ0n) is 34.5. The van der Waals surface area contributed by atoms with Gasteiger partial charge in [-0.05, 0) is 63.2 Å². The predicted molar refractivity (Wildman–Crippen MR) is 217 cm³/mol. The van der Waals surface area contributed by atoms with Crippen molar-refractivity contribution < 1.29 is 28.7 Å². The maximum atomic E-state index is 14.2. The Labute approximate surface area is 333 Å². The fourth-order valence-corrected chi connectivity index (χ4v) is 8.66. The van der Waals surface area contributed by atoms with E-state index in [1.807, 2.05) is 87.2 Å². The summed E-state index contributed by atoms with van der Waals surface area (Å²) in [7, 11) is 6.77. The molecular weight excluding hydrogens is 719 g/mol. The van der Waals surface area contributed by atoms with E-state index in [1.165, 1.54) is 11.3 Å². The van der Waals surface area contributed by atoms with Gasteiger partial charge in [0, 0.05) is 39.4 Å². The zero-order chi connectivity index (χ0) is 40.7. The van der Waals surface area contributed by atoms with Crippen molar-refractivity contribution in [2.24, 2.45) is 23.5 Å². The molecule has 0 radical (unpaired) electrons. The number of thiazole rings is 1. The van der Waals surface area contributed by atoms with Crippen LogP contribution < -0.4 is 16.4 Å². The molecule has 1 aliphatic rings. The summed E-state index contributed by atoms with van der Waals surface area (Å²) in [6.07, 6.45) is 4.25. The van der Waals surface area contributed by atoms with Crippen LogP contribution in [0.4, 0.5) is 0 Å². The molecule has 0 bridgehead atoms. The first-order valence-electron chi connectivity index (χ1n) is 19.8. The van der Waals surface area contributed by atoms with E-state index in [9.17, 15) is 19.2 Å². The average Bonchev–Trinajstić information content (AvgIpc) is 3.89. The lowest BCUT2D eigenvalue weighted by Crippen LogP contribution is -2.55. The number of likely N-dealkylation sites (N-methyl/N-ethyl adjacent to an activating group) is 2. The van der Waals surface area contributed by atoms with Crippen LogP contribution in [0.25, 0.3) is 0 Å². The van der Waals surface area contributed by atoms with E-state index in [2.05, 4.69) is 15.6 Å². The van der Waals surface area contributed by atoms with Gasteiger partial charge in [0.15, 0.2) is 0 Å². The summed E-state index contributed by atoms with van der Waals surface area (Å²) in [4.78, 5) is 64.9. The van der Waals surface area contributed by atoms with Gasteiger partial charge >= 0.3 is 0 Å². The minimum atomic E-state index is -0.599. The first-order chi connectivity index (χ1) is 26.3. The summed E-state index contributed by atoms with van der Waals surface area (Å²) in [5, 5.41) is 8.82. The van der Waals surface area contributed by atoms with Gasteiger partial charge in [0.1, 0.15) is 5.01 Å². The molecule has 2 heterocycles. The van der Waals surface area contributed by atoms with Crippen molar-refractivity contribution in [2.75, 3.05) is 54.5 Å². The summed E-state index contributed by atoms with van der Waals surface area (Å²) in [6, 6.07) is 8.57. The number of hydrogen-bond acceptors (Lipinski definition) is 10. The monoisotopic (exact) mass is 785 g/mol. The van der Waals surface area contributed by atoms with Gasteiger partial charge in [0.25, 0.3) is 0 Å². The first-order valence-corrected chi connectivity index (χ1v) is 20.7. The molecule has 4 N–H and O–H groups in total. The molecular formula is C41H67N7O6S. The fourth-order valence-electron chi connectivity index (χ4n) is 7.97. The molecule has 1 aromatic heterocycles. The number of aromatic nitrogens is 1. The van der Waals surface area contributed by atoms with Crippen LogP contribution in [0.3, 0.4) is 0 Å². The molecule has 1 saturated heterocycles. The number of likely N-dealkylation sites (tertiary alicyclic amines) is 1. The maximum Gasteiger partial charge on any atom is 0.242 e. The molecule has 0 aliphatic carbocycles. The largest absolute Gasteiger partial charge is 0.379 e. The van der Waals surface area contributed by atoms with Crippen molar-refractivity contribution in [2.45, 2.75) is 110 Å². The minimum Gasteiger partial charge on any atom is -0.379 e. The van der Waals surface area contributed by atoms with Crippen LogP contribution in [-0.2, 0) is 35.1 Å². The van der Waals surface area contributed by atoms with E-state index in [1.54, 1.807) is 32.4 Å².